The third-order valence-corrected chi connectivity index (χ3v) is 2.04. The van der Waals surface area contributed by atoms with E-state index in [9.17, 15) is 15.0 Å². The van der Waals surface area contributed by atoms with E-state index in [4.69, 9.17) is 5.53 Å². The van der Waals surface area contributed by atoms with Crippen molar-refractivity contribution in [1.82, 2.24) is 5.32 Å². The van der Waals surface area contributed by atoms with Crippen molar-refractivity contribution in [1.29, 1.82) is 0 Å². The molecule has 3 N–H and O–H groups in total. The summed E-state index contributed by atoms with van der Waals surface area (Å²) in [6.07, 6.45) is 0.509. The first-order valence-electron chi connectivity index (χ1n) is 4.97. The van der Waals surface area contributed by atoms with Crippen LogP contribution in [0.4, 0.5) is 0 Å². The molecule has 0 heterocycles. The molecule has 1 rings (SSSR count). The van der Waals surface area contributed by atoms with Gasteiger partial charge in [-0.15, -0.1) is 0 Å². The molecule has 0 aromatic heterocycles. The zero-order valence-corrected chi connectivity index (χ0v) is 9.00. The molecule has 0 atom stereocenters. The molecule has 1 aromatic rings. The molecule has 17 heavy (non-hydrogen) atoms. The maximum atomic E-state index is 11.6. The second kappa shape index (κ2) is 6.24. The molecular weight excluding hydrogens is 224 g/mol. The Balaban J connectivity index is 2.52. The summed E-state index contributed by atoms with van der Waals surface area (Å²) in [4.78, 5) is 14.1. The molecule has 0 bridgehead atoms. The van der Waals surface area contributed by atoms with E-state index in [1.165, 1.54) is 18.2 Å². The van der Waals surface area contributed by atoms with Crippen LogP contribution in [0.3, 0.4) is 0 Å². The standard InChI is InChI=1S/C10H12N4O3/c11-14-13-6-2-5-12-10(17)7-3-1-4-8(15)9(7)16/h1,3-4,15-16H,2,5-6H2,(H,12,17). The normalized spacial score (nSPS) is 9.41. The topological polar surface area (TPSA) is 118 Å². The fraction of sp³-hybridized carbons (Fsp3) is 0.300. The molecule has 0 radical (unpaired) electrons. The third-order valence-electron chi connectivity index (χ3n) is 2.04. The number of nitrogens with one attached hydrogen (secondary N) is 1. The van der Waals surface area contributed by atoms with Gasteiger partial charge in [-0.2, -0.15) is 0 Å². The highest BCUT2D eigenvalue weighted by Gasteiger charge is 2.12. The number of hydrogen-bond donors (Lipinski definition) is 3. The minimum atomic E-state index is -0.487. The molecule has 0 unspecified atom stereocenters. The van der Waals surface area contributed by atoms with E-state index >= 15 is 0 Å². The van der Waals surface area contributed by atoms with Crippen molar-refractivity contribution in [2.45, 2.75) is 6.42 Å². The third kappa shape index (κ3) is 3.58. The van der Waals surface area contributed by atoms with E-state index in [-0.39, 0.29) is 11.3 Å². The van der Waals surface area contributed by atoms with Gasteiger partial charge in [0.15, 0.2) is 11.5 Å². The van der Waals surface area contributed by atoms with Gasteiger partial charge in [-0.25, -0.2) is 0 Å². The lowest BCUT2D eigenvalue weighted by molar-refractivity contribution is 0.0950. The molecule has 0 spiro atoms. The summed E-state index contributed by atoms with van der Waals surface area (Å²) in [6.45, 7) is 0.621. The summed E-state index contributed by atoms with van der Waals surface area (Å²) in [7, 11) is 0. The lowest BCUT2D eigenvalue weighted by Crippen LogP contribution is -2.24. The van der Waals surface area contributed by atoms with Crippen LogP contribution >= 0.6 is 0 Å². The van der Waals surface area contributed by atoms with Crippen LogP contribution < -0.4 is 5.32 Å². The highest BCUT2D eigenvalue weighted by atomic mass is 16.3. The smallest absolute Gasteiger partial charge is 0.255 e. The molecule has 0 aliphatic heterocycles. The van der Waals surface area contributed by atoms with E-state index in [1.807, 2.05) is 0 Å². The van der Waals surface area contributed by atoms with Crippen molar-refractivity contribution < 1.29 is 15.0 Å². The fourth-order valence-electron chi connectivity index (χ4n) is 1.21. The van der Waals surface area contributed by atoms with Crippen LogP contribution in [0.15, 0.2) is 23.3 Å². The second-order valence-corrected chi connectivity index (χ2v) is 3.24. The number of carbonyl (C=O) groups excluding carboxylic acids is 1. The number of nitrogens with zero attached hydrogens (tertiary/aromatic N) is 3. The molecule has 0 aliphatic carbocycles. The molecule has 7 nitrogen and oxygen atoms in total. The lowest BCUT2D eigenvalue weighted by atomic mass is 10.1. The molecule has 7 heteroatoms. The Labute approximate surface area is 97.3 Å². The minimum absolute atomic E-state index is 0.00813. The Morgan fingerprint density at radius 3 is 2.94 bits per heavy atom. The van der Waals surface area contributed by atoms with Crippen molar-refractivity contribution in [3.05, 3.63) is 34.2 Å². The van der Waals surface area contributed by atoms with Gasteiger partial charge in [-0.05, 0) is 24.1 Å². The molecule has 90 valence electrons. The molecule has 0 fully saturated rings. The molecule has 0 saturated heterocycles. The maximum Gasteiger partial charge on any atom is 0.255 e. The Bertz CT molecular complexity index is 455. The van der Waals surface area contributed by atoms with Crippen molar-refractivity contribution in [3.63, 3.8) is 0 Å². The van der Waals surface area contributed by atoms with Crippen molar-refractivity contribution in [3.8, 4) is 11.5 Å². The summed E-state index contributed by atoms with van der Waals surface area (Å²) in [6, 6.07) is 4.15. The first-order chi connectivity index (χ1) is 8.16. The maximum absolute atomic E-state index is 11.6. The van der Waals surface area contributed by atoms with Crippen LogP contribution in [-0.4, -0.2) is 29.2 Å². The van der Waals surface area contributed by atoms with Gasteiger partial charge in [-0.3, -0.25) is 4.79 Å². The summed E-state index contributed by atoms with van der Waals surface area (Å²) in [5.41, 5.74) is 8.04. The average molecular weight is 236 g/mol. The van der Waals surface area contributed by atoms with Crippen molar-refractivity contribution >= 4 is 5.91 Å². The van der Waals surface area contributed by atoms with Crippen molar-refractivity contribution in [2.24, 2.45) is 5.11 Å². The number of phenols is 2. The molecule has 0 aliphatic rings. The number of hydrogen-bond acceptors (Lipinski definition) is 4. The van der Waals surface area contributed by atoms with Gasteiger partial charge in [0.1, 0.15) is 0 Å². The Morgan fingerprint density at radius 2 is 2.24 bits per heavy atom. The predicted molar refractivity (Wildman–Crippen MR) is 60.7 cm³/mol. The van der Waals surface area contributed by atoms with E-state index in [2.05, 4.69) is 15.3 Å². The van der Waals surface area contributed by atoms with Gasteiger partial charge in [0.2, 0.25) is 0 Å². The highest BCUT2D eigenvalue weighted by molar-refractivity contribution is 5.97. The summed E-state index contributed by atoms with van der Waals surface area (Å²) in [5.74, 6) is -1.27. The van der Waals surface area contributed by atoms with E-state index in [0.717, 1.165) is 0 Å². The number of phenolic OH excluding ortho intramolecular Hbond substituents is 2. The van der Waals surface area contributed by atoms with Crippen LogP contribution in [-0.2, 0) is 0 Å². The number of para-hydroxylation sites is 1. The Kier molecular flexibility index (Phi) is 4.65. The summed E-state index contributed by atoms with van der Waals surface area (Å²) in [5, 5.41) is 24.5. The SMILES string of the molecule is [N-]=[N+]=NCCCNC(=O)c1cccc(O)c1O. The number of rotatable bonds is 5. The van der Waals surface area contributed by atoms with Gasteiger partial charge in [0.25, 0.3) is 5.91 Å². The van der Waals surface area contributed by atoms with Crippen LogP contribution in [0.2, 0.25) is 0 Å². The highest BCUT2D eigenvalue weighted by Crippen LogP contribution is 2.27. The molecule has 1 amide bonds. The van der Waals surface area contributed by atoms with Gasteiger partial charge < -0.3 is 15.5 Å². The first-order valence-corrected chi connectivity index (χ1v) is 4.97. The first kappa shape index (κ1) is 12.7. The zero-order chi connectivity index (χ0) is 12.7. The van der Waals surface area contributed by atoms with E-state index in [1.54, 1.807) is 0 Å². The predicted octanol–water partition coefficient (Wildman–Crippen LogP) is 1.53. The van der Waals surface area contributed by atoms with Gasteiger partial charge >= 0.3 is 0 Å². The number of amides is 1. The number of carbonyl (C=O) groups is 1. The van der Waals surface area contributed by atoms with Crippen LogP contribution in [0.25, 0.3) is 10.4 Å². The summed E-state index contributed by atoms with van der Waals surface area (Å²) < 4.78 is 0. The molecule has 1 aromatic carbocycles. The van der Waals surface area contributed by atoms with Gasteiger partial charge in [-0.1, -0.05) is 11.2 Å². The van der Waals surface area contributed by atoms with Crippen LogP contribution in [0.5, 0.6) is 11.5 Å². The van der Waals surface area contributed by atoms with E-state index < -0.39 is 11.7 Å². The monoisotopic (exact) mass is 236 g/mol. The van der Waals surface area contributed by atoms with E-state index in [0.29, 0.717) is 19.5 Å². The quantitative estimate of drug-likeness (QED) is 0.236. The lowest BCUT2D eigenvalue weighted by Gasteiger charge is -2.06. The number of benzene rings is 1. The fourth-order valence-corrected chi connectivity index (χ4v) is 1.21. The number of azide groups is 1. The van der Waals surface area contributed by atoms with Crippen LogP contribution in [0.1, 0.15) is 16.8 Å². The number of aromatic hydroxyl groups is 2. The van der Waals surface area contributed by atoms with Crippen molar-refractivity contribution in [2.75, 3.05) is 13.1 Å². The minimum Gasteiger partial charge on any atom is -0.504 e. The van der Waals surface area contributed by atoms with Crippen LogP contribution in [0, 0.1) is 0 Å². The summed E-state index contributed by atoms with van der Waals surface area (Å²) >= 11 is 0. The average Bonchev–Trinajstić information content (AvgIpc) is 2.32. The zero-order valence-electron chi connectivity index (χ0n) is 9.00. The second-order valence-electron chi connectivity index (χ2n) is 3.24. The molecule has 0 saturated carbocycles. The Morgan fingerprint density at radius 1 is 1.47 bits per heavy atom. The van der Waals surface area contributed by atoms with Gasteiger partial charge in [0.05, 0.1) is 5.56 Å². The Hall–Kier alpha value is -2.40. The molecular formula is C10H12N4O3. The van der Waals surface area contributed by atoms with Gasteiger partial charge in [0, 0.05) is 18.0 Å². The largest absolute Gasteiger partial charge is 0.504 e.